The summed E-state index contributed by atoms with van der Waals surface area (Å²) in [7, 11) is -1.54. The van der Waals surface area contributed by atoms with Crippen LogP contribution in [0.5, 0.6) is 5.75 Å². The van der Waals surface area contributed by atoms with E-state index in [9.17, 15) is 0 Å². The molecule has 84 valence electrons. The van der Waals surface area contributed by atoms with Crippen molar-refractivity contribution in [2.45, 2.75) is 38.9 Å². The molecule has 1 aromatic rings. The molecule has 0 N–H and O–H groups in total. The Balaban J connectivity index is 2.82. The van der Waals surface area contributed by atoms with Gasteiger partial charge in [-0.3, -0.25) is 0 Å². The van der Waals surface area contributed by atoms with E-state index >= 15 is 0 Å². The van der Waals surface area contributed by atoms with E-state index in [2.05, 4.69) is 20.8 Å². The van der Waals surface area contributed by atoms with Crippen LogP contribution in [0, 0.1) is 0 Å². The zero-order valence-electron chi connectivity index (χ0n) is 9.72. The van der Waals surface area contributed by atoms with Crippen molar-refractivity contribution in [2.24, 2.45) is 0 Å². The van der Waals surface area contributed by atoms with Crippen molar-refractivity contribution in [3.8, 4) is 5.75 Å². The molecule has 1 nitrogen and oxygen atoms in total. The van der Waals surface area contributed by atoms with Crippen LogP contribution in [0.25, 0.3) is 0 Å². The lowest BCUT2D eigenvalue weighted by atomic mass is 10.3. The van der Waals surface area contributed by atoms with Crippen LogP contribution in [-0.4, -0.2) is 8.32 Å². The summed E-state index contributed by atoms with van der Waals surface area (Å²) in [6, 6.07) is 11.2. The predicted octanol–water partition coefficient (Wildman–Crippen LogP) is 4.72. The Morgan fingerprint density at radius 2 is 1.73 bits per heavy atom. The molecule has 0 bridgehead atoms. The van der Waals surface area contributed by atoms with Gasteiger partial charge in [-0.15, -0.1) is 0 Å². The molecule has 0 amide bonds. The fraction of sp³-hybridized carbons (Fsp3) is 0.500. The fourth-order valence-corrected chi connectivity index (χ4v) is 4.49. The highest BCUT2D eigenvalue weighted by molar-refractivity contribution is 6.74. The molecule has 0 aliphatic rings. The van der Waals surface area contributed by atoms with E-state index < -0.39 is 8.32 Å². The Labute approximate surface area is 98.5 Å². The van der Waals surface area contributed by atoms with E-state index in [0.29, 0.717) is 0 Å². The van der Waals surface area contributed by atoms with Gasteiger partial charge in [0, 0.05) is 5.02 Å². The molecule has 0 atom stereocenters. The van der Waals surface area contributed by atoms with Crippen molar-refractivity contribution in [2.75, 3.05) is 0 Å². The standard InChI is InChI=1S/C12H19ClOSi/c1-4-15(5-2,6-3)14-12-9-7-8-11(13)10-12/h7-10H,4-6H2,1-3H3. The third kappa shape index (κ3) is 3.25. The second-order valence-electron chi connectivity index (χ2n) is 3.80. The quantitative estimate of drug-likeness (QED) is 0.679. The summed E-state index contributed by atoms with van der Waals surface area (Å²) < 4.78 is 6.18. The van der Waals surface area contributed by atoms with Crippen molar-refractivity contribution >= 4 is 19.9 Å². The number of halogens is 1. The molecule has 0 saturated heterocycles. The largest absolute Gasteiger partial charge is 0.543 e. The molecule has 0 heterocycles. The molecule has 0 aliphatic heterocycles. The summed E-state index contributed by atoms with van der Waals surface area (Å²) in [4.78, 5) is 0. The third-order valence-electron chi connectivity index (χ3n) is 3.06. The molecule has 0 unspecified atom stereocenters. The molecule has 0 aliphatic carbocycles. The van der Waals surface area contributed by atoms with Crippen molar-refractivity contribution in [1.29, 1.82) is 0 Å². The first kappa shape index (κ1) is 12.6. The average Bonchev–Trinajstić information content (AvgIpc) is 2.26. The highest BCUT2D eigenvalue weighted by atomic mass is 35.5. The van der Waals surface area contributed by atoms with E-state index in [-0.39, 0.29) is 0 Å². The molecule has 3 heteroatoms. The van der Waals surface area contributed by atoms with Gasteiger partial charge in [0.05, 0.1) is 0 Å². The van der Waals surface area contributed by atoms with Crippen molar-refractivity contribution in [3.05, 3.63) is 29.3 Å². The van der Waals surface area contributed by atoms with Crippen LogP contribution >= 0.6 is 11.6 Å². The van der Waals surface area contributed by atoms with Gasteiger partial charge >= 0.3 is 0 Å². The van der Waals surface area contributed by atoms with Gasteiger partial charge in [0.15, 0.2) is 0 Å². The number of hydrogen-bond acceptors (Lipinski definition) is 1. The van der Waals surface area contributed by atoms with Crippen LogP contribution in [-0.2, 0) is 0 Å². The highest BCUT2D eigenvalue weighted by Gasteiger charge is 2.30. The Hall–Kier alpha value is -0.473. The maximum atomic E-state index is 6.18. The summed E-state index contributed by atoms with van der Waals surface area (Å²) in [5, 5.41) is 0.749. The van der Waals surface area contributed by atoms with Crippen molar-refractivity contribution < 1.29 is 4.43 Å². The lowest BCUT2D eigenvalue weighted by Crippen LogP contribution is -2.39. The molecule has 1 rings (SSSR count). The molecule has 15 heavy (non-hydrogen) atoms. The molecular formula is C12H19ClOSi. The Kier molecular flexibility index (Phi) is 4.67. The summed E-state index contributed by atoms with van der Waals surface area (Å²) in [5.41, 5.74) is 0. The molecular weight excluding hydrogens is 224 g/mol. The Morgan fingerprint density at radius 3 is 2.20 bits per heavy atom. The zero-order valence-corrected chi connectivity index (χ0v) is 11.5. The summed E-state index contributed by atoms with van der Waals surface area (Å²) in [6.07, 6.45) is 0. The van der Waals surface area contributed by atoms with Crippen LogP contribution in [0.15, 0.2) is 24.3 Å². The monoisotopic (exact) mass is 242 g/mol. The normalized spacial score (nSPS) is 11.5. The summed E-state index contributed by atoms with van der Waals surface area (Å²) in [6.45, 7) is 6.68. The highest BCUT2D eigenvalue weighted by Crippen LogP contribution is 2.26. The Bertz CT molecular complexity index is 302. The smallest absolute Gasteiger partial charge is 0.250 e. The van der Waals surface area contributed by atoms with Crippen LogP contribution < -0.4 is 4.43 Å². The second kappa shape index (κ2) is 5.57. The number of hydrogen-bond donors (Lipinski definition) is 0. The number of benzene rings is 1. The van der Waals surface area contributed by atoms with Crippen molar-refractivity contribution in [1.82, 2.24) is 0 Å². The Morgan fingerprint density at radius 1 is 1.13 bits per heavy atom. The van der Waals surface area contributed by atoms with Crippen molar-refractivity contribution in [3.63, 3.8) is 0 Å². The molecule has 0 aromatic heterocycles. The summed E-state index contributed by atoms with van der Waals surface area (Å²) in [5.74, 6) is 0.930. The van der Waals surface area contributed by atoms with Gasteiger partial charge in [0.1, 0.15) is 5.75 Å². The van der Waals surface area contributed by atoms with Gasteiger partial charge in [-0.05, 0) is 36.3 Å². The zero-order chi connectivity index (χ0) is 11.3. The summed E-state index contributed by atoms with van der Waals surface area (Å²) >= 11 is 5.94. The first-order chi connectivity index (χ1) is 7.15. The minimum absolute atomic E-state index is 0.749. The minimum atomic E-state index is -1.54. The third-order valence-corrected chi connectivity index (χ3v) is 7.83. The maximum absolute atomic E-state index is 6.18. The van der Waals surface area contributed by atoms with E-state index in [0.717, 1.165) is 28.9 Å². The van der Waals surface area contributed by atoms with Crippen LogP contribution in [0.1, 0.15) is 20.8 Å². The lowest BCUT2D eigenvalue weighted by molar-refractivity contribution is 0.532. The van der Waals surface area contributed by atoms with Gasteiger partial charge in [-0.1, -0.05) is 38.4 Å². The predicted molar refractivity (Wildman–Crippen MR) is 69.3 cm³/mol. The van der Waals surface area contributed by atoms with Gasteiger partial charge < -0.3 is 4.43 Å². The lowest BCUT2D eigenvalue weighted by Gasteiger charge is -2.28. The molecule has 0 fully saturated rings. The topological polar surface area (TPSA) is 9.23 Å². The van der Waals surface area contributed by atoms with Crippen LogP contribution in [0.4, 0.5) is 0 Å². The fourth-order valence-electron chi connectivity index (χ4n) is 1.75. The molecule has 1 aromatic carbocycles. The van der Waals surface area contributed by atoms with E-state index in [1.54, 1.807) is 0 Å². The maximum Gasteiger partial charge on any atom is 0.250 e. The average molecular weight is 243 g/mol. The van der Waals surface area contributed by atoms with Gasteiger partial charge in [0.2, 0.25) is 8.32 Å². The van der Waals surface area contributed by atoms with Gasteiger partial charge in [-0.25, -0.2) is 0 Å². The van der Waals surface area contributed by atoms with E-state index in [1.165, 1.54) is 0 Å². The molecule has 0 saturated carbocycles. The van der Waals surface area contributed by atoms with Crippen LogP contribution in [0.3, 0.4) is 0 Å². The van der Waals surface area contributed by atoms with E-state index in [1.807, 2.05) is 24.3 Å². The first-order valence-corrected chi connectivity index (χ1v) is 8.51. The minimum Gasteiger partial charge on any atom is -0.543 e. The first-order valence-electron chi connectivity index (χ1n) is 5.60. The second-order valence-corrected chi connectivity index (χ2v) is 8.93. The van der Waals surface area contributed by atoms with E-state index in [4.69, 9.17) is 16.0 Å². The molecule has 0 radical (unpaired) electrons. The van der Waals surface area contributed by atoms with Gasteiger partial charge in [0.25, 0.3) is 0 Å². The number of rotatable bonds is 5. The molecule has 0 spiro atoms. The van der Waals surface area contributed by atoms with Crippen LogP contribution in [0.2, 0.25) is 23.2 Å². The SMILES string of the molecule is CC[Si](CC)(CC)Oc1cccc(Cl)c1. The van der Waals surface area contributed by atoms with Gasteiger partial charge in [-0.2, -0.15) is 0 Å².